The van der Waals surface area contributed by atoms with Crippen LogP contribution in [0, 0.1) is 0 Å². The number of nitrogens with one attached hydrogen (secondary N) is 1. The van der Waals surface area contributed by atoms with E-state index in [0.29, 0.717) is 22.0 Å². The van der Waals surface area contributed by atoms with Gasteiger partial charge in [-0.3, -0.25) is 4.79 Å². The van der Waals surface area contributed by atoms with Crippen LogP contribution in [0.4, 0.5) is 5.69 Å². The predicted octanol–water partition coefficient (Wildman–Crippen LogP) is 2.48. The number of hydrogen-bond acceptors (Lipinski definition) is 2. The van der Waals surface area contributed by atoms with Gasteiger partial charge in [-0.25, -0.2) is 0 Å². The molecule has 0 saturated heterocycles. The van der Waals surface area contributed by atoms with Gasteiger partial charge in [0.25, 0.3) is 0 Å². The number of benzene rings is 1. The molecule has 15 heavy (non-hydrogen) atoms. The molecule has 2 rings (SSSR count). The van der Waals surface area contributed by atoms with Gasteiger partial charge >= 0.3 is 0 Å². The average molecular weight is 221 g/mol. The second kappa shape index (κ2) is 3.79. The first-order valence-corrected chi connectivity index (χ1v) is 4.79. The minimum atomic E-state index is -0.153. The molecule has 0 aliphatic heterocycles. The highest BCUT2D eigenvalue weighted by molar-refractivity contribution is 6.31. The Balaban J connectivity index is 2.46. The Kier molecular flexibility index (Phi) is 2.47. The van der Waals surface area contributed by atoms with E-state index in [1.54, 1.807) is 36.5 Å². The van der Waals surface area contributed by atoms with Gasteiger partial charge in [0.1, 0.15) is 0 Å². The Hall–Kier alpha value is -1.74. The van der Waals surface area contributed by atoms with E-state index in [1.165, 1.54) is 0 Å². The van der Waals surface area contributed by atoms with Gasteiger partial charge in [0, 0.05) is 22.5 Å². The minimum Gasteiger partial charge on any atom is -0.398 e. The number of H-pyrrole nitrogens is 1. The molecule has 0 radical (unpaired) electrons. The van der Waals surface area contributed by atoms with Crippen LogP contribution in [0.2, 0.25) is 5.02 Å². The van der Waals surface area contributed by atoms with E-state index in [1.807, 2.05) is 0 Å². The van der Waals surface area contributed by atoms with Crippen molar-refractivity contribution in [3.63, 3.8) is 0 Å². The second-order valence-electron chi connectivity index (χ2n) is 3.14. The van der Waals surface area contributed by atoms with E-state index in [0.717, 1.165) is 0 Å². The molecular weight excluding hydrogens is 212 g/mol. The highest BCUT2D eigenvalue weighted by atomic mass is 35.5. The summed E-state index contributed by atoms with van der Waals surface area (Å²) < 4.78 is 0. The Morgan fingerprint density at radius 1 is 1.33 bits per heavy atom. The minimum absolute atomic E-state index is 0.153. The van der Waals surface area contributed by atoms with Crippen LogP contribution >= 0.6 is 11.6 Å². The van der Waals surface area contributed by atoms with Crippen molar-refractivity contribution in [3.05, 3.63) is 52.8 Å². The lowest BCUT2D eigenvalue weighted by atomic mass is 10.1. The smallest absolute Gasteiger partial charge is 0.211 e. The number of rotatable bonds is 2. The molecule has 0 bridgehead atoms. The van der Waals surface area contributed by atoms with Crippen molar-refractivity contribution in [3.8, 4) is 0 Å². The van der Waals surface area contributed by atoms with Crippen LogP contribution in [0.15, 0.2) is 36.5 Å². The maximum Gasteiger partial charge on any atom is 0.211 e. The summed E-state index contributed by atoms with van der Waals surface area (Å²) in [5, 5.41) is 0.499. The molecule has 1 aromatic heterocycles. The summed E-state index contributed by atoms with van der Waals surface area (Å²) in [6.07, 6.45) is 1.69. The molecule has 76 valence electrons. The Bertz CT molecular complexity index is 491. The zero-order valence-corrected chi connectivity index (χ0v) is 8.58. The normalized spacial score (nSPS) is 10.2. The van der Waals surface area contributed by atoms with Crippen molar-refractivity contribution in [1.82, 2.24) is 4.98 Å². The molecular formula is C11H9ClN2O. The molecule has 3 nitrogen and oxygen atoms in total. The van der Waals surface area contributed by atoms with E-state index >= 15 is 0 Å². The molecule has 0 aliphatic rings. The molecule has 0 atom stereocenters. The quantitative estimate of drug-likeness (QED) is 0.604. The van der Waals surface area contributed by atoms with Crippen LogP contribution in [-0.2, 0) is 0 Å². The number of hydrogen-bond donors (Lipinski definition) is 2. The number of nitrogen functional groups attached to an aromatic ring is 1. The standard InChI is InChI=1S/C11H9ClN2O/c12-7-3-4-9(13)8(6-7)11(15)10-2-1-5-14-10/h1-6,14H,13H2. The average Bonchev–Trinajstić information content (AvgIpc) is 2.74. The van der Waals surface area contributed by atoms with E-state index in [-0.39, 0.29) is 5.78 Å². The molecule has 2 aromatic rings. The predicted molar refractivity (Wildman–Crippen MR) is 60.1 cm³/mol. The Morgan fingerprint density at radius 3 is 2.80 bits per heavy atom. The molecule has 0 amide bonds. The SMILES string of the molecule is Nc1ccc(Cl)cc1C(=O)c1ccc[nH]1. The number of aromatic amines is 1. The van der Waals surface area contributed by atoms with E-state index < -0.39 is 0 Å². The lowest BCUT2D eigenvalue weighted by molar-refractivity contribution is 0.103. The molecule has 1 heterocycles. The van der Waals surface area contributed by atoms with Gasteiger partial charge in [-0.2, -0.15) is 0 Å². The third kappa shape index (κ3) is 1.87. The van der Waals surface area contributed by atoms with Crippen LogP contribution in [0.25, 0.3) is 0 Å². The van der Waals surface area contributed by atoms with Gasteiger partial charge in [0.2, 0.25) is 5.78 Å². The van der Waals surface area contributed by atoms with Gasteiger partial charge < -0.3 is 10.7 Å². The molecule has 0 aliphatic carbocycles. The fraction of sp³-hybridized carbons (Fsp3) is 0. The zero-order chi connectivity index (χ0) is 10.8. The zero-order valence-electron chi connectivity index (χ0n) is 7.83. The first kappa shape index (κ1) is 9.80. The van der Waals surface area contributed by atoms with Gasteiger partial charge in [0.05, 0.1) is 5.69 Å². The van der Waals surface area contributed by atoms with Gasteiger partial charge in [-0.1, -0.05) is 11.6 Å². The Morgan fingerprint density at radius 2 is 2.13 bits per heavy atom. The van der Waals surface area contributed by atoms with Gasteiger partial charge in [0.15, 0.2) is 0 Å². The van der Waals surface area contributed by atoms with Crippen LogP contribution in [0.5, 0.6) is 0 Å². The highest BCUT2D eigenvalue weighted by Crippen LogP contribution is 2.20. The van der Waals surface area contributed by atoms with E-state index in [9.17, 15) is 4.79 Å². The molecule has 1 aromatic carbocycles. The van der Waals surface area contributed by atoms with Crippen molar-refractivity contribution in [1.29, 1.82) is 0 Å². The summed E-state index contributed by atoms with van der Waals surface area (Å²) >= 11 is 5.80. The lowest BCUT2D eigenvalue weighted by Gasteiger charge is -2.03. The maximum atomic E-state index is 11.9. The first-order valence-electron chi connectivity index (χ1n) is 4.41. The number of carbonyl (C=O) groups excluding carboxylic acids is 1. The topological polar surface area (TPSA) is 58.9 Å². The first-order chi connectivity index (χ1) is 7.18. The molecule has 0 saturated carbocycles. The van der Waals surface area contributed by atoms with Crippen LogP contribution in [0.3, 0.4) is 0 Å². The summed E-state index contributed by atoms with van der Waals surface area (Å²) in [5.74, 6) is -0.153. The van der Waals surface area contributed by atoms with Gasteiger partial charge in [-0.15, -0.1) is 0 Å². The van der Waals surface area contributed by atoms with Crippen LogP contribution in [0.1, 0.15) is 16.1 Å². The number of nitrogens with two attached hydrogens (primary N) is 1. The maximum absolute atomic E-state index is 11.9. The van der Waals surface area contributed by atoms with Crippen molar-refractivity contribution >= 4 is 23.1 Å². The number of aromatic nitrogens is 1. The second-order valence-corrected chi connectivity index (χ2v) is 3.58. The number of halogens is 1. The fourth-order valence-electron chi connectivity index (χ4n) is 1.34. The monoisotopic (exact) mass is 220 g/mol. The summed E-state index contributed by atoms with van der Waals surface area (Å²) in [5.41, 5.74) is 7.06. The molecule has 4 heteroatoms. The van der Waals surface area contributed by atoms with Crippen molar-refractivity contribution in [2.24, 2.45) is 0 Å². The Labute approximate surface area is 91.9 Å². The molecule has 3 N–H and O–H groups in total. The summed E-state index contributed by atoms with van der Waals surface area (Å²) in [6, 6.07) is 8.30. The lowest BCUT2D eigenvalue weighted by Crippen LogP contribution is -2.05. The third-order valence-electron chi connectivity index (χ3n) is 2.10. The van der Waals surface area contributed by atoms with Crippen molar-refractivity contribution in [2.75, 3.05) is 5.73 Å². The molecule has 0 spiro atoms. The number of anilines is 1. The molecule has 0 unspecified atom stereocenters. The van der Waals surface area contributed by atoms with Crippen molar-refractivity contribution in [2.45, 2.75) is 0 Å². The number of carbonyl (C=O) groups is 1. The summed E-state index contributed by atoms with van der Waals surface area (Å²) in [7, 11) is 0. The fourth-order valence-corrected chi connectivity index (χ4v) is 1.51. The molecule has 0 fully saturated rings. The number of ketones is 1. The summed E-state index contributed by atoms with van der Waals surface area (Å²) in [4.78, 5) is 14.7. The van der Waals surface area contributed by atoms with E-state index in [4.69, 9.17) is 17.3 Å². The van der Waals surface area contributed by atoms with Crippen LogP contribution < -0.4 is 5.73 Å². The summed E-state index contributed by atoms with van der Waals surface area (Å²) in [6.45, 7) is 0. The highest BCUT2D eigenvalue weighted by Gasteiger charge is 2.13. The van der Waals surface area contributed by atoms with Crippen molar-refractivity contribution < 1.29 is 4.79 Å². The van der Waals surface area contributed by atoms with Gasteiger partial charge in [-0.05, 0) is 30.3 Å². The third-order valence-corrected chi connectivity index (χ3v) is 2.34. The van der Waals surface area contributed by atoms with Crippen LogP contribution in [-0.4, -0.2) is 10.8 Å². The largest absolute Gasteiger partial charge is 0.398 e. The van der Waals surface area contributed by atoms with E-state index in [2.05, 4.69) is 4.98 Å².